The Labute approximate surface area is 409 Å². The van der Waals surface area contributed by atoms with E-state index < -0.39 is 43.2 Å². The molecule has 8 aromatic carbocycles. The Morgan fingerprint density at radius 2 is 0.953 bits per heavy atom. The van der Waals surface area contributed by atoms with Gasteiger partial charge in [-0.05, 0) is 17.5 Å². The summed E-state index contributed by atoms with van der Waals surface area (Å²) in [5, 5.41) is 17.8. The Morgan fingerprint density at radius 1 is 0.531 bits per heavy atom. The van der Waals surface area contributed by atoms with Gasteiger partial charge in [0.1, 0.15) is 5.75 Å². The van der Waals surface area contributed by atoms with E-state index in [0.717, 1.165) is 47.5 Å². The largest absolute Gasteiger partial charge is 0.506 e. The molecule has 0 aliphatic carbocycles. The van der Waals surface area contributed by atoms with Crippen LogP contribution in [-0.4, -0.2) is 17.1 Å². The molecule has 6 nitrogen and oxygen atoms in total. The molecule has 0 atom stereocenters. The number of alkyl halides is 3. The molecule has 2 aromatic heterocycles. The van der Waals surface area contributed by atoms with Gasteiger partial charge in [0.15, 0.2) is 25.4 Å². The number of thiophene rings is 1. The number of ketones is 1. The molecule has 10 aromatic rings. The van der Waals surface area contributed by atoms with Gasteiger partial charge >= 0.3 is 11.8 Å². The fourth-order valence-electron chi connectivity index (χ4n) is 8.00. The van der Waals surface area contributed by atoms with Gasteiger partial charge in [0.2, 0.25) is 0 Å². The van der Waals surface area contributed by atoms with E-state index >= 15 is 9.13 Å². The topological polar surface area (TPSA) is 102 Å². The molecule has 0 saturated carbocycles. The van der Waals surface area contributed by atoms with Crippen molar-refractivity contribution in [2.75, 3.05) is 0 Å². The summed E-state index contributed by atoms with van der Waals surface area (Å²) >= 11 is 1.28. The van der Waals surface area contributed by atoms with E-state index in [9.17, 15) is 27.9 Å². The minimum Gasteiger partial charge on any atom is -0.506 e. The zero-order valence-corrected chi connectivity index (χ0v) is 38.3. The van der Waals surface area contributed by atoms with Crippen molar-refractivity contribution in [2.45, 2.75) is 6.18 Å². The molecule has 0 aliphatic heterocycles. The monoisotopic (exact) mass is 1050 g/mol. The van der Waals surface area contributed by atoms with E-state index in [0.29, 0.717) is 15.3 Å². The normalized spacial score (nSPS) is 11.9. The van der Waals surface area contributed by atoms with Crippen LogP contribution in [0.2, 0.25) is 0 Å². The van der Waals surface area contributed by atoms with Crippen LogP contribution in [0.3, 0.4) is 0 Å². The Morgan fingerprint density at radius 3 is 1.41 bits per heavy atom. The van der Waals surface area contributed by atoms with Crippen LogP contribution in [0.4, 0.5) is 13.2 Å². The third-order valence-electron chi connectivity index (χ3n) is 10.9. The van der Waals surface area contributed by atoms with E-state index in [1.807, 2.05) is 182 Å². The zero-order valence-electron chi connectivity index (χ0n) is 33.3. The maximum absolute atomic E-state index is 15.5. The van der Waals surface area contributed by atoms with Crippen LogP contribution in [0.25, 0.3) is 41.9 Å². The van der Waals surface area contributed by atoms with Gasteiger partial charge in [-0.1, -0.05) is 182 Å². The number of Topliss-reactive ketones (excluding diaryl/α,β-unsaturated/α-hetero) is 1. The van der Waals surface area contributed by atoms with Crippen molar-refractivity contribution in [3.05, 3.63) is 210 Å². The van der Waals surface area contributed by atoms with Crippen molar-refractivity contribution in [2.24, 2.45) is 0 Å². The first-order valence-electron chi connectivity index (χ1n) is 19.6. The van der Waals surface area contributed by atoms with Gasteiger partial charge in [0.05, 0.1) is 10.1 Å². The molecule has 0 unspecified atom stereocenters. The van der Waals surface area contributed by atoms with E-state index in [-0.39, 0.29) is 60.3 Å². The molecule has 1 N–H and O–H groups in total. The maximum atomic E-state index is 15.5. The molecule has 0 fully saturated rings. The summed E-state index contributed by atoms with van der Waals surface area (Å²) in [5.74, 6) is -3.45. The number of aromatic hydroxyl groups is 1. The molecule has 10 rings (SSSR count). The van der Waals surface area contributed by atoms with Gasteiger partial charge in [-0.25, -0.2) is 4.79 Å². The van der Waals surface area contributed by atoms with Crippen LogP contribution < -0.4 is 37.5 Å². The third kappa shape index (κ3) is 7.97. The number of rotatable bonds is 7. The first-order chi connectivity index (χ1) is 30.4. The molecular weight excluding hydrogens is 1010 g/mol. The molecule has 1 radical (unpaired) electrons. The average molecular weight is 1040 g/mol. The van der Waals surface area contributed by atoms with Crippen molar-refractivity contribution < 1.29 is 86.0 Å². The molecule has 2 heterocycles. The molecule has 0 spiro atoms. The number of carbonyl (C=O) groups excluding carboxylic acids is 1. The van der Waals surface area contributed by atoms with Crippen molar-refractivity contribution in [3.8, 4) is 5.75 Å². The van der Waals surface area contributed by atoms with E-state index in [2.05, 4.69) is 0 Å². The Hall–Kier alpha value is -5.25. The number of fused-ring (bicyclic) bond motifs is 6. The zero-order chi connectivity index (χ0) is 43.9. The molecule has 0 aliphatic rings. The van der Waals surface area contributed by atoms with Crippen molar-refractivity contribution >= 4 is 105 Å². The Kier molecular flexibility index (Phi) is 13.0. The van der Waals surface area contributed by atoms with Crippen LogP contribution in [0.1, 0.15) is 10.4 Å². The Balaban J connectivity index is 0.000000187. The number of hydrogen-bond donors (Lipinski definition) is 1. The van der Waals surface area contributed by atoms with Crippen LogP contribution in [0.5, 0.6) is 5.75 Å². The van der Waals surface area contributed by atoms with Gasteiger partial charge in [0.25, 0.3) is 5.78 Å². The van der Waals surface area contributed by atoms with E-state index in [4.69, 9.17) is 4.42 Å². The predicted octanol–water partition coefficient (Wildman–Crippen LogP) is 10.7. The van der Waals surface area contributed by atoms with E-state index in [1.54, 1.807) is 6.07 Å². The summed E-state index contributed by atoms with van der Waals surface area (Å²) in [5.41, 5.74) is -2.96. The molecule has 13 heteroatoms. The minimum absolute atomic E-state index is 0. The summed E-state index contributed by atoms with van der Waals surface area (Å²) in [7, 11) is -6.65. The predicted molar refractivity (Wildman–Crippen MR) is 250 cm³/mol. The summed E-state index contributed by atoms with van der Waals surface area (Å²) < 4.78 is 75.3. The number of carbonyl (C=O) groups is 1. The number of benzene rings is 8. The first-order valence-corrected chi connectivity index (χ1v) is 23.8. The molecule has 0 bridgehead atoms. The van der Waals surface area contributed by atoms with Crippen molar-refractivity contribution in [1.29, 1.82) is 0 Å². The quantitative estimate of drug-likeness (QED) is 0.0969. The standard InChI is InChI=1S/C34H26O2P2.C17H7F3O4S.Eu/c35-37(28-17-5-1-6-18-28,29-19-7-2-8-20-29)32-25-13-15-27-16-14-26-33(34(27)32)38(36,30-21-9-3-10-22-30)31-23-11-4-12-24-31;18-17(19,20)15(22)11-12(21)9-6-5-8-7-3-1-2-4-10(7)25-14(8)13(9)24-16(11)23;/h1-26H;1-6,21H;. The third-order valence-corrected chi connectivity index (χ3v) is 18.3. The van der Waals surface area contributed by atoms with Gasteiger partial charge in [-0.3, -0.25) is 4.79 Å². The van der Waals surface area contributed by atoms with E-state index in [1.165, 1.54) is 17.4 Å². The maximum Gasteiger partial charge on any atom is 0.455 e. The molecule has 0 saturated heterocycles. The summed E-state index contributed by atoms with van der Waals surface area (Å²) in [6, 6.07) is 60.8. The number of halogens is 3. The number of hydrogen-bond acceptors (Lipinski definition) is 7. The molecular formula is C51H33EuF3O6P2S. The molecule has 317 valence electrons. The van der Waals surface area contributed by atoms with Crippen LogP contribution in [0, 0.1) is 49.4 Å². The fraction of sp³-hybridized carbons (Fsp3) is 0.0196. The smallest absolute Gasteiger partial charge is 0.455 e. The van der Waals surface area contributed by atoms with Gasteiger partial charge in [0, 0.05) is 102 Å². The van der Waals surface area contributed by atoms with Gasteiger partial charge in [-0.15, -0.1) is 11.3 Å². The van der Waals surface area contributed by atoms with Crippen molar-refractivity contribution in [1.82, 2.24) is 0 Å². The van der Waals surface area contributed by atoms with Crippen LogP contribution in [0.15, 0.2) is 203 Å². The van der Waals surface area contributed by atoms with Gasteiger partial charge < -0.3 is 18.7 Å². The first kappa shape index (κ1) is 45.3. The second-order valence-corrected chi connectivity index (χ2v) is 21.1. The van der Waals surface area contributed by atoms with Gasteiger partial charge in [-0.2, -0.15) is 13.2 Å². The minimum atomic E-state index is -5.29. The second-order valence-electron chi connectivity index (χ2n) is 14.6. The SMILES string of the molecule is O=C(c1c(O)c2ccc3c4ccccc4sc3c2oc1=O)C(F)(F)F.O=P(c1ccccc1)(c1ccccc1)c1cccc2cccc(P(=O)(c3ccccc3)c3ccccc3)c12.[Eu]. The summed E-state index contributed by atoms with van der Waals surface area (Å²) in [6.45, 7) is 0. The Bertz CT molecular complexity index is 3290. The summed E-state index contributed by atoms with van der Waals surface area (Å²) in [4.78, 5) is 23.4. The van der Waals surface area contributed by atoms with Crippen LogP contribution in [-0.2, 0) is 9.13 Å². The molecule has 0 amide bonds. The fourth-order valence-corrected chi connectivity index (χ4v) is 15.1. The summed E-state index contributed by atoms with van der Waals surface area (Å²) in [6.07, 6.45) is -5.29. The average Bonchev–Trinajstić information content (AvgIpc) is 3.71. The molecule has 64 heavy (non-hydrogen) atoms. The van der Waals surface area contributed by atoms with Crippen LogP contribution >= 0.6 is 25.6 Å². The second kappa shape index (κ2) is 18.3. The van der Waals surface area contributed by atoms with Crippen molar-refractivity contribution in [3.63, 3.8) is 0 Å².